The van der Waals surface area contributed by atoms with E-state index in [0.717, 1.165) is 6.54 Å². The second-order valence-corrected chi connectivity index (χ2v) is 1.52. The third kappa shape index (κ3) is 0.656. The lowest BCUT2D eigenvalue weighted by atomic mass is 10.7. The molecule has 1 radical (unpaired) electrons. The average molecular weight is 98.1 g/mol. The number of rotatable bonds is 0. The molecule has 0 bridgehead atoms. The van der Waals surface area contributed by atoms with Crippen molar-refractivity contribution in [3.63, 3.8) is 0 Å². The minimum atomic E-state index is 0.486. The van der Waals surface area contributed by atoms with Crippen LogP contribution in [0.3, 0.4) is 0 Å². The Bertz CT molecular complexity index is 88.9. The summed E-state index contributed by atoms with van der Waals surface area (Å²) in [6.07, 6.45) is 0. The van der Waals surface area contributed by atoms with E-state index in [9.17, 15) is 0 Å². The molecule has 1 fully saturated rings. The van der Waals surface area contributed by atoms with Gasteiger partial charge in [0.2, 0.25) is 0 Å². The van der Waals surface area contributed by atoms with Crippen LogP contribution in [0.4, 0.5) is 0 Å². The molecule has 0 aliphatic carbocycles. The first-order valence-electron chi connectivity index (χ1n) is 2.19. The number of hydrogen-bond donors (Lipinski definition) is 2. The smallest absolute Gasteiger partial charge is 0.191 e. The molecule has 1 aliphatic heterocycles. The molecule has 1 rings (SSSR count). The van der Waals surface area contributed by atoms with E-state index in [0.29, 0.717) is 5.96 Å². The van der Waals surface area contributed by atoms with Gasteiger partial charge in [0, 0.05) is 13.6 Å². The highest BCUT2D eigenvalue weighted by molar-refractivity contribution is 5.79. The number of likely N-dealkylation sites (N-methyl/N-ethyl adjacent to an activating group) is 1. The number of nitrogens with one attached hydrogen (secondary N) is 2. The first-order chi connectivity index (χ1) is 3.30. The zero-order valence-corrected chi connectivity index (χ0v) is 4.23. The summed E-state index contributed by atoms with van der Waals surface area (Å²) in [5, 5.41) is 9.86. The molecule has 0 atom stereocenters. The molecule has 0 aromatic rings. The van der Waals surface area contributed by atoms with Crippen molar-refractivity contribution in [2.75, 3.05) is 13.6 Å². The van der Waals surface area contributed by atoms with Gasteiger partial charge in [-0.1, -0.05) is 0 Å². The molecule has 3 heteroatoms. The second kappa shape index (κ2) is 1.40. The van der Waals surface area contributed by atoms with Gasteiger partial charge in [-0.2, -0.15) is 0 Å². The summed E-state index contributed by atoms with van der Waals surface area (Å²) in [5.74, 6) is 0.486. The van der Waals surface area contributed by atoms with Crippen molar-refractivity contribution in [1.82, 2.24) is 10.2 Å². The molecular formula is C4H8N3. The third-order valence-corrected chi connectivity index (χ3v) is 0.987. The van der Waals surface area contributed by atoms with Crippen molar-refractivity contribution in [2.45, 2.75) is 0 Å². The molecular weight excluding hydrogens is 90.1 g/mol. The van der Waals surface area contributed by atoms with E-state index in [2.05, 4.69) is 5.32 Å². The van der Waals surface area contributed by atoms with Crippen molar-refractivity contribution in [3.05, 3.63) is 6.54 Å². The van der Waals surface area contributed by atoms with E-state index < -0.39 is 0 Å². The molecule has 0 aromatic heterocycles. The maximum Gasteiger partial charge on any atom is 0.191 e. The molecule has 0 saturated carbocycles. The highest BCUT2D eigenvalue weighted by atomic mass is 15.3. The van der Waals surface area contributed by atoms with Crippen LogP contribution in [-0.4, -0.2) is 24.5 Å². The molecule has 0 unspecified atom stereocenters. The number of guanidine groups is 1. The molecule has 39 valence electrons. The van der Waals surface area contributed by atoms with Gasteiger partial charge >= 0.3 is 0 Å². The third-order valence-electron chi connectivity index (χ3n) is 0.987. The Morgan fingerprint density at radius 3 is 2.86 bits per heavy atom. The summed E-state index contributed by atoms with van der Waals surface area (Å²) in [5.41, 5.74) is 0. The summed E-state index contributed by atoms with van der Waals surface area (Å²) in [4.78, 5) is 1.75. The van der Waals surface area contributed by atoms with Gasteiger partial charge in [0.1, 0.15) is 0 Å². The molecule has 1 saturated heterocycles. The summed E-state index contributed by atoms with van der Waals surface area (Å²) in [6.45, 7) is 2.72. The summed E-state index contributed by atoms with van der Waals surface area (Å²) < 4.78 is 0. The first kappa shape index (κ1) is 4.43. The van der Waals surface area contributed by atoms with Gasteiger partial charge in [-0.25, -0.2) is 0 Å². The van der Waals surface area contributed by atoms with Crippen molar-refractivity contribution in [2.24, 2.45) is 0 Å². The van der Waals surface area contributed by atoms with Crippen molar-refractivity contribution >= 4 is 5.96 Å². The lowest BCUT2D eigenvalue weighted by molar-refractivity contribution is 0.640. The van der Waals surface area contributed by atoms with Gasteiger partial charge in [0.25, 0.3) is 0 Å². The predicted octanol–water partition coefficient (Wildman–Crippen LogP) is -0.382. The summed E-state index contributed by atoms with van der Waals surface area (Å²) in [7, 11) is 1.85. The minimum Gasteiger partial charge on any atom is -0.354 e. The van der Waals surface area contributed by atoms with E-state index >= 15 is 0 Å². The van der Waals surface area contributed by atoms with Crippen molar-refractivity contribution < 1.29 is 0 Å². The van der Waals surface area contributed by atoms with Crippen LogP contribution in [0.5, 0.6) is 0 Å². The van der Waals surface area contributed by atoms with Crippen LogP contribution in [0.25, 0.3) is 0 Å². The monoisotopic (exact) mass is 98.1 g/mol. The standard InChI is InChI=1S/C4H8N3/c1-7-3-2-6-4(7)5/h3H,2H2,1H3,(H2,5,6). The SMILES string of the molecule is CN1[CH]CNC1=N. The van der Waals surface area contributed by atoms with Crippen LogP contribution in [0.2, 0.25) is 0 Å². The molecule has 0 aromatic carbocycles. The first-order valence-corrected chi connectivity index (χ1v) is 2.19. The van der Waals surface area contributed by atoms with Gasteiger partial charge in [0.15, 0.2) is 5.96 Å². The van der Waals surface area contributed by atoms with Gasteiger partial charge in [-0.3, -0.25) is 5.41 Å². The minimum absolute atomic E-state index is 0.486. The Kier molecular flexibility index (Phi) is 0.889. The normalized spacial score (nSPS) is 20.1. The molecule has 0 amide bonds. The Balaban J connectivity index is 2.48. The van der Waals surface area contributed by atoms with E-state index in [1.165, 1.54) is 0 Å². The van der Waals surface area contributed by atoms with Gasteiger partial charge in [0.05, 0.1) is 6.54 Å². The van der Waals surface area contributed by atoms with Crippen LogP contribution in [0.1, 0.15) is 0 Å². The van der Waals surface area contributed by atoms with Gasteiger partial charge < -0.3 is 10.2 Å². The highest BCUT2D eigenvalue weighted by Gasteiger charge is 2.09. The average Bonchev–Trinajstić information content (AvgIpc) is 1.91. The lowest BCUT2D eigenvalue weighted by Gasteiger charge is -2.04. The van der Waals surface area contributed by atoms with E-state index in [4.69, 9.17) is 5.41 Å². The molecule has 1 heterocycles. The summed E-state index contributed by atoms with van der Waals surface area (Å²) in [6, 6.07) is 0. The van der Waals surface area contributed by atoms with Crippen LogP contribution < -0.4 is 5.32 Å². The fourth-order valence-electron chi connectivity index (χ4n) is 0.495. The fraction of sp³-hybridized carbons (Fsp3) is 0.500. The van der Waals surface area contributed by atoms with Crippen LogP contribution in [0.15, 0.2) is 0 Å². The predicted molar refractivity (Wildman–Crippen MR) is 27.8 cm³/mol. The maximum atomic E-state index is 7.04. The number of nitrogens with zero attached hydrogens (tertiary/aromatic N) is 1. The Labute approximate surface area is 42.8 Å². The van der Waals surface area contributed by atoms with Gasteiger partial charge in [-0.05, 0) is 0 Å². The van der Waals surface area contributed by atoms with Crippen molar-refractivity contribution in [1.29, 1.82) is 5.41 Å². The Hall–Kier alpha value is -0.730. The topological polar surface area (TPSA) is 39.1 Å². The zero-order valence-electron chi connectivity index (χ0n) is 4.23. The van der Waals surface area contributed by atoms with Crippen LogP contribution >= 0.6 is 0 Å². The Morgan fingerprint density at radius 1 is 2.00 bits per heavy atom. The maximum absolute atomic E-state index is 7.04. The summed E-state index contributed by atoms with van der Waals surface area (Å²) >= 11 is 0. The van der Waals surface area contributed by atoms with Crippen LogP contribution in [0, 0.1) is 12.0 Å². The van der Waals surface area contributed by atoms with E-state index in [1.807, 2.05) is 13.6 Å². The zero-order chi connectivity index (χ0) is 5.28. The molecule has 7 heavy (non-hydrogen) atoms. The highest BCUT2D eigenvalue weighted by Crippen LogP contribution is 1.92. The molecule has 2 N–H and O–H groups in total. The molecule has 3 nitrogen and oxygen atoms in total. The van der Waals surface area contributed by atoms with Gasteiger partial charge in [-0.15, -0.1) is 0 Å². The second-order valence-electron chi connectivity index (χ2n) is 1.52. The largest absolute Gasteiger partial charge is 0.354 e. The quantitative estimate of drug-likeness (QED) is 0.433. The Morgan fingerprint density at radius 2 is 2.71 bits per heavy atom. The van der Waals surface area contributed by atoms with E-state index in [-0.39, 0.29) is 0 Å². The number of hydrogen-bond acceptors (Lipinski definition) is 1. The lowest BCUT2D eigenvalue weighted by Crippen LogP contribution is -2.23. The van der Waals surface area contributed by atoms with Crippen molar-refractivity contribution in [3.8, 4) is 0 Å². The fourth-order valence-corrected chi connectivity index (χ4v) is 0.495. The molecule has 1 aliphatic rings. The van der Waals surface area contributed by atoms with E-state index in [1.54, 1.807) is 4.90 Å². The molecule has 0 spiro atoms. The van der Waals surface area contributed by atoms with Crippen LogP contribution in [-0.2, 0) is 0 Å².